The predicted octanol–water partition coefficient (Wildman–Crippen LogP) is 3.26. The molecule has 130 valence electrons. The Hall–Kier alpha value is -2.22. The van der Waals surface area contributed by atoms with E-state index in [-0.39, 0.29) is 11.5 Å². The van der Waals surface area contributed by atoms with Crippen LogP contribution in [0.4, 0.5) is 5.69 Å². The largest absolute Gasteiger partial charge is 0.321 e. The molecule has 0 bridgehead atoms. The Kier molecular flexibility index (Phi) is 4.89. The molecule has 0 spiro atoms. The second-order valence-electron chi connectivity index (χ2n) is 5.95. The maximum Gasteiger partial charge on any atom is 0.266 e. The first-order valence-corrected chi connectivity index (χ1v) is 8.78. The third-order valence-electron chi connectivity index (χ3n) is 3.62. The van der Waals surface area contributed by atoms with Gasteiger partial charge in [-0.25, -0.2) is 4.98 Å². The quantitative estimate of drug-likeness (QED) is 0.732. The summed E-state index contributed by atoms with van der Waals surface area (Å²) in [5, 5.41) is 3.88. The number of carbonyl (C=O) groups is 1. The van der Waals surface area contributed by atoms with Gasteiger partial charge in [0, 0.05) is 10.7 Å². The van der Waals surface area contributed by atoms with Crippen LogP contribution in [0.5, 0.6) is 0 Å². The van der Waals surface area contributed by atoms with E-state index < -0.39 is 0 Å². The number of amides is 1. The van der Waals surface area contributed by atoms with Crippen LogP contribution in [0.1, 0.15) is 21.1 Å². The van der Waals surface area contributed by atoms with Crippen molar-refractivity contribution >= 4 is 44.7 Å². The van der Waals surface area contributed by atoms with Crippen LogP contribution in [0.2, 0.25) is 5.02 Å². The number of nitrogens with zero attached hydrogens (tertiary/aromatic N) is 2. The van der Waals surface area contributed by atoms with Gasteiger partial charge in [-0.2, -0.15) is 0 Å². The van der Waals surface area contributed by atoms with Gasteiger partial charge in [0.15, 0.2) is 0 Å². The summed E-state index contributed by atoms with van der Waals surface area (Å²) < 4.78 is 0. The molecule has 0 saturated carbocycles. The van der Waals surface area contributed by atoms with Gasteiger partial charge in [0.25, 0.3) is 11.5 Å². The van der Waals surface area contributed by atoms with Crippen molar-refractivity contribution < 1.29 is 4.79 Å². The van der Waals surface area contributed by atoms with Crippen LogP contribution in [0.25, 0.3) is 10.2 Å². The molecule has 2 heterocycles. The summed E-state index contributed by atoms with van der Waals surface area (Å²) in [6, 6.07) is 6.86. The molecule has 8 heteroatoms. The minimum atomic E-state index is -0.267. The molecule has 0 atom stereocenters. The Bertz CT molecular complexity index is 992. The average Bonchev–Trinajstić information content (AvgIpc) is 2.86. The van der Waals surface area contributed by atoms with Crippen LogP contribution < -0.4 is 10.9 Å². The molecule has 0 aliphatic rings. The van der Waals surface area contributed by atoms with Gasteiger partial charge in [-0.05, 0) is 50.8 Å². The molecule has 25 heavy (non-hydrogen) atoms. The number of anilines is 1. The van der Waals surface area contributed by atoms with Gasteiger partial charge in [0.2, 0.25) is 0 Å². The smallest absolute Gasteiger partial charge is 0.266 e. The SMILES string of the molecule is Cc1c(C(=O)Nc2ccc(Cl)cc2)sc2nc(CN(C)C)[nH]c(=O)c12. The molecule has 3 rings (SSSR count). The summed E-state index contributed by atoms with van der Waals surface area (Å²) in [5.41, 5.74) is 1.05. The molecule has 1 aromatic carbocycles. The zero-order chi connectivity index (χ0) is 18.1. The lowest BCUT2D eigenvalue weighted by molar-refractivity contribution is 0.103. The fourth-order valence-corrected chi connectivity index (χ4v) is 3.72. The number of thiophene rings is 1. The maximum absolute atomic E-state index is 12.6. The van der Waals surface area contributed by atoms with Gasteiger partial charge in [-0.15, -0.1) is 11.3 Å². The molecular formula is C17H17ClN4O2S. The number of aromatic nitrogens is 2. The summed E-state index contributed by atoms with van der Waals surface area (Å²) in [4.78, 5) is 35.2. The van der Waals surface area contributed by atoms with Gasteiger partial charge in [-0.3, -0.25) is 9.59 Å². The topological polar surface area (TPSA) is 78.1 Å². The minimum absolute atomic E-state index is 0.221. The van der Waals surface area contributed by atoms with E-state index in [1.54, 1.807) is 31.2 Å². The van der Waals surface area contributed by atoms with E-state index in [9.17, 15) is 9.59 Å². The number of nitrogens with one attached hydrogen (secondary N) is 2. The van der Waals surface area contributed by atoms with E-state index >= 15 is 0 Å². The standard InChI is InChI=1S/C17H17ClN4O2S/c1-9-13-15(23)20-12(8-22(2)3)21-17(13)25-14(9)16(24)19-11-6-4-10(18)5-7-11/h4-7H,8H2,1-3H3,(H,19,24)(H,20,21,23). The first-order valence-electron chi connectivity index (χ1n) is 7.59. The Morgan fingerprint density at radius 3 is 2.64 bits per heavy atom. The summed E-state index contributed by atoms with van der Waals surface area (Å²) >= 11 is 7.07. The number of halogens is 1. The monoisotopic (exact) mass is 376 g/mol. The lowest BCUT2D eigenvalue weighted by Gasteiger charge is -2.07. The molecule has 0 unspecified atom stereocenters. The summed E-state index contributed by atoms with van der Waals surface area (Å²) in [6.07, 6.45) is 0. The third-order valence-corrected chi connectivity index (χ3v) is 5.06. The lowest BCUT2D eigenvalue weighted by Crippen LogP contribution is -2.18. The van der Waals surface area contributed by atoms with Crippen LogP contribution in [0.15, 0.2) is 29.1 Å². The van der Waals surface area contributed by atoms with Gasteiger partial charge < -0.3 is 15.2 Å². The Labute approximate surface area is 153 Å². The van der Waals surface area contributed by atoms with Crippen molar-refractivity contribution in [3.63, 3.8) is 0 Å². The normalized spacial score (nSPS) is 11.2. The molecule has 0 saturated heterocycles. The number of aryl methyl sites for hydroxylation is 1. The Balaban J connectivity index is 1.97. The zero-order valence-corrected chi connectivity index (χ0v) is 15.6. The number of aromatic amines is 1. The highest BCUT2D eigenvalue weighted by molar-refractivity contribution is 7.20. The highest BCUT2D eigenvalue weighted by Crippen LogP contribution is 2.28. The van der Waals surface area contributed by atoms with E-state index in [2.05, 4.69) is 15.3 Å². The van der Waals surface area contributed by atoms with Crippen LogP contribution in [-0.2, 0) is 6.54 Å². The zero-order valence-electron chi connectivity index (χ0n) is 14.0. The Morgan fingerprint density at radius 1 is 1.32 bits per heavy atom. The number of rotatable bonds is 4. The number of fused-ring (bicyclic) bond motifs is 1. The summed E-state index contributed by atoms with van der Waals surface area (Å²) in [6.45, 7) is 2.28. The predicted molar refractivity (Wildman–Crippen MR) is 102 cm³/mol. The van der Waals surface area contributed by atoms with Crippen molar-refractivity contribution in [3.05, 3.63) is 55.9 Å². The number of H-pyrrole nitrogens is 1. The van der Waals surface area contributed by atoms with Gasteiger partial charge >= 0.3 is 0 Å². The number of benzene rings is 1. The minimum Gasteiger partial charge on any atom is -0.321 e. The van der Waals surface area contributed by atoms with E-state index in [4.69, 9.17) is 11.6 Å². The average molecular weight is 377 g/mol. The van der Waals surface area contributed by atoms with Gasteiger partial charge in [0.05, 0.1) is 16.8 Å². The lowest BCUT2D eigenvalue weighted by atomic mass is 10.2. The van der Waals surface area contributed by atoms with E-state index in [0.29, 0.717) is 43.7 Å². The number of hydrogen-bond acceptors (Lipinski definition) is 5. The number of hydrogen-bond donors (Lipinski definition) is 2. The fraction of sp³-hybridized carbons (Fsp3) is 0.235. The van der Waals surface area contributed by atoms with Gasteiger partial charge in [-0.1, -0.05) is 11.6 Å². The van der Waals surface area contributed by atoms with Crippen LogP contribution in [-0.4, -0.2) is 34.9 Å². The maximum atomic E-state index is 12.6. The van der Waals surface area contributed by atoms with Crippen molar-refractivity contribution in [1.29, 1.82) is 0 Å². The molecule has 3 aromatic rings. The number of carbonyl (C=O) groups excluding carboxylic acids is 1. The molecule has 1 amide bonds. The van der Waals surface area contributed by atoms with Crippen LogP contribution >= 0.6 is 22.9 Å². The highest BCUT2D eigenvalue weighted by Gasteiger charge is 2.19. The van der Waals surface area contributed by atoms with Crippen molar-refractivity contribution in [3.8, 4) is 0 Å². The summed E-state index contributed by atoms with van der Waals surface area (Å²) in [5.74, 6) is 0.310. The van der Waals surface area contributed by atoms with E-state index in [1.807, 2.05) is 19.0 Å². The van der Waals surface area contributed by atoms with E-state index in [1.165, 1.54) is 11.3 Å². The van der Waals surface area contributed by atoms with Crippen molar-refractivity contribution in [2.45, 2.75) is 13.5 Å². The van der Waals surface area contributed by atoms with Crippen molar-refractivity contribution in [2.24, 2.45) is 0 Å². The first-order chi connectivity index (χ1) is 11.8. The molecule has 0 radical (unpaired) electrons. The molecule has 2 N–H and O–H groups in total. The molecule has 0 aliphatic heterocycles. The van der Waals surface area contributed by atoms with Crippen molar-refractivity contribution in [1.82, 2.24) is 14.9 Å². The highest BCUT2D eigenvalue weighted by atomic mass is 35.5. The molecule has 6 nitrogen and oxygen atoms in total. The Morgan fingerprint density at radius 2 is 2.00 bits per heavy atom. The molecule has 0 fully saturated rings. The molecule has 2 aromatic heterocycles. The third kappa shape index (κ3) is 3.73. The van der Waals surface area contributed by atoms with Crippen LogP contribution in [0, 0.1) is 6.92 Å². The fourth-order valence-electron chi connectivity index (χ4n) is 2.50. The first kappa shape index (κ1) is 17.6. The van der Waals surface area contributed by atoms with Crippen LogP contribution in [0.3, 0.4) is 0 Å². The summed E-state index contributed by atoms with van der Waals surface area (Å²) in [7, 11) is 3.80. The second kappa shape index (κ2) is 6.95. The molecular weight excluding hydrogens is 360 g/mol. The second-order valence-corrected chi connectivity index (χ2v) is 7.38. The van der Waals surface area contributed by atoms with Gasteiger partial charge in [0.1, 0.15) is 10.7 Å². The van der Waals surface area contributed by atoms with Crippen molar-refractivity contribution in [2.75, 3.05) is 19.4 Å². The van der Waals surface area contributed by atoms with E-state index in [0.717, 1.165) is 0 Å². The molecule has 0 aliphatic carbocycles.